The van der Waals surface area contributed by atoms with Gasteiger partial charge in [0.15, 0.2) is 11.9 Å². The predicted octanol–water partition coefficient (Wildman–Crippen LogP) is 3.80. The van der Waals surface area contributed by atoms with Gasteiger partial charge < -0.3 is 18.6 Å². The van der Waals surface area contributed by atoms with Crippen LogP contribution in [0.4, 0.5) is 0 Å². The molecule has 8 atom stereocenters. The molecule has 0 N–H and O–H groups in total. The number of methoxy groups -OCH3 is 1. The molecule has 0 spiro atoms. The summed E-state index contributed by atoms with van der Waals surface area (Å²) in [6.45, 7) is 9.10. The number of carbonyl (C=O) groups is 4. The molecule has 0 radical (unpaired) electrons. The second kappa shape index (κ2) is 8.71. The van der Waals surface area contributed by atoms with Crippen LogP contribution in [0.1, 0.15) is 58.1 Å². The molecule has 8 heteroatoms. The molecule has 1 unspecified atom stereocenters. The average molecular weight is 473 g/mol. The van der Waals surface area contributed by atoms with Crippen molar-refractivity contribution in [1.82, 2.24) is 0 Å². The molecule has 0 aromatic carbocycles. The van der Waals surface area contributed by atoms with Crippen molar-refractivity contribution in [2.24, 2.45) is 34.5 Å². The molecule has 184 valence electrons. The van der Waals surface area contributed by atoms with Gasteiger partial charge in [0.1, 0.15) is 6.10 Å². The largest absolute Gasteiger partial charge is 0.472 e. The van der Waals surface area contributed by atoms with Gasteiger partial charge in [-0.3, -0.25) is 19.2 Å². The molecular formula is C26H32O8. The molecule has 8 nitrogen and oxygen atoms in total. The Kier molecular flexibility index (Phi) is 6.21. The summed E-state index contributed by atoms with van der Waals surface area (Å²) in [7, 11) is 1.32. The van der Waals surface area contributed by atoms with E-state index < -0.39 is 58.6 Å². The van der Waals surface area contributed by atoms with Crippen LogP contribution >= 0.6 is 0 Å². The zero-order valence-electron chi connectivity index (χ0n) is 20.1. The van der Waals surface area contributed by atoms with Gasteiger partial charge in [-0.15, -0.1) is 6.58 Å². The zero-order valence-corrected chi connectivity index (χ0v) is 20.1. The number of cyclic esters (lactones) is 1. The lowest BCUT2D eigenvalue weighted by Gasteiger charge is -2.61. The Morgan fingerprint density at radius 1 is 1.26 bits per heavy atom. The fourth-order valence-corrected chi connectivity index (χ4v) is 6.61. The van der Waals surface area contributed by atoms with Crippen molar-refractivity contribution in [1.29, 1.82) is 0 Å². The first-order valence-electron chi connectivity index (χ1n) is 11.7. The van der Waals surface area contributed by atoms with Crippen LogP contribution in [-0.4, -0.2) is 36.9 Å². The van der Waals surface area contributed by atoms with Gasteiger partial charge in [0, 0.05) is 17.9 Å². The Morgan fingerprint density at radius 2 is 2.00 bits per heavy atom. The van der Waals surface area contributed by atoms with Crippen molar-refractivity contribution in [2.45, 2.75) is 58.7 Å². The molecule has 1 aromatic heterocycles. The fraction of sp³-hybridized carbons (Fsp3) is 0.615. The first-order valence-corrected chi connectivity index (χ1v) is 11.7. The molecule has 0 amide bonds. The summed E-state index contributed by atoms with van der Waals surface area (Å²) in [6.07, 6.45) is 4.26. The third-order valence-electron chi connectivity index (χ3n) is 8.49. The highest BCUT2D eigenvalue weighted by Crippen LogP contribution is 2.65. The quantitative estimate of drug-likeness (QED) is 0.362. The number of fused-ring (bicyclic) bond motifs is 3. The van der Waals surface area contributed by atoms with E-state index in [2.05, 4.69) is 6.58 Å². The minimum Gasteiger partial charge on any atom is -0.472 e. The molecule has 2 saturated carbocycles. The SMILES string of the molecule is C=CC(C)C(=O)O[C@H]1C[C@@H](C(=O)OC)[C@]2(C)CC[C@H]3C(=O)O[C@H](c4ccoc4)C[C@]3(C)[C@H]2C1=O. The highest BCUT2D eigenvalue weighted by atomic mass is 16.6. The number of ketones is 1. The number of ether oxygens (including phenoxy) is 3. The number of carbonyl (C=O) groups excluding carboxylic acids is 4. The van der Waals surface area contributed by atoms with E-state index >= 15 is 0 Å². The molecule has 4 rings (SSSR count). The maximum Gasteiger partial charge on any atom is 0.313 e. The smallest absolute Gasteiger partial charge is 0.313 e. The van der Waals surface area contributed by atoms with E-state index in [4.69, 9.17) is 18.6 Å². The van der Waals surface area contributed by atoms with Crippen molar-refractivity contribution in [3.63, 3.8) is 0 Å². The minimum absolute atomic E-state index is 0.0600. The molecule has 34 heavy (non-hydrogen) atoms. The number of furan rings is 1. The lowest BCUT2D eigenvalue weighted by Crippen LogP contribution is -2.64. The highest BCUT2D eigenvalue weighted by Gasteiger charge is 2.67. The maximum atomic E-state index is 14.0. The molecule has 1 aliphatic heterocycles. The molecule has 1 aromatic rings. The van der Waals surface area contributed by atoms with E-state index in [0.717, 1.165) is 5.56 Å². The Hall–Kier alpha value is -2.90. The van der Waals surface area contributed by atoms with E-state index in [1.807, 2.05) is 13.8 Å². The van der Waals surface area contributed by atoms with Crippen LogP contribution in [0, 0.1) is 34.5 Å². The van der Waals surface area contributed by atoms with E-state index in [1.54, 1.807) is 13.0 Å². The third-order valence-corrected chi connectivity index (χ3v) is 8.49. The summed E-state index contributed by atoms with van der Waals surface area (Å²) in [6, 6.07) is 1.74. The molecule has 1 saturated heterocycles. The second-order valence-corrected chi connectivity index (χ2v) is 10.4. The number of hydrogen-bond donors (Lipinski definition) is 0. The van der Waals surface area contributed by atoms with Crippen LogP contribution in [0.2, 0.25) is 0 Å². The minimum atomic E-state index is -1.10. The van der Waals surface area contributed by atoms with Gasteiger partial charge in [0.25, 0.3) is 0 Å². The van der Waals surface area contributed by atoms with E-state index in [1.165, 1.54) is 25.7 Å². The Morgan fingerprint density at radius 3 is 2.62 bits per heavy atom. The summed E-state index contributed by atoms with van der Waals surface area (Å²) in [5, 5.41) is 0. The monoisotopic (exact) mass is 472 g/mol. The van der Waals surface area contributed by atoms with E-state index in [9.17, 15) is 19.2 Å². The van der Waals surface area contributed by atoms with Crippen LogP contribution in [0.3, 0.4) is 0 Å². The number of rotatable bonds is 5. The maximum absolute atomic E-state index is 14.0. The molecule has 0 bridgehead atoms. The third kappa shape index (κ3) is 3.67. The topological polar surface area (TPSA) is 109 Å². The standard InChI is InChI=1S/C26H32O8/c1-6-14(2)22(28)33-18-11-17(23(29)31-5)25(3)9-7-16-24(30)34-19(15-8-10-32-13-15)12-26(16,4)21(25)20(18)27/h6,8,10,13-14,16-19,21H,1,7,9,11-12H2,2-5H3/t14?,16-,17-,18-,19-,21-,25-,26-/m0/s1. The Labute approximate surface area is 199 Å². The Bertz CT molecular complexity index is 996. The predicted molar refractivity (Wildman–Crippen MR) is 119 cm³/mol. The Balaban J connectivity index is 1.77. The van der Waals surface area contributed by atoms with Crippen LogP contribution < -0.4 is 0 Å². The summed E-state index contributed by atoms with van der Waals surface area (Å²) < 4.78 is 21.7. The molecule has 2 aliphatic carbocycles. The lowest BCUT2D eigenvalue weighted by molar-refractivity contribution is -0.210. The van der Waals surface area contributed by atoms with Gasteiger partial charge in [-0.05, 0) is 43.1 Å². The van der Waals surface area contributed by atoms with Crippen molar-refractivity contribution >= 4 is 23.7 Å². The summed E-state index contributed by atoms with van der Waals surface area (Å²) in [4.78, 5) is 52.6. The first kappa shape index (κ1) is 24.2. The fourth-order valence-electron chi connectivity index (χ4n) is 6.61. The zero-order chi connectivity index (χ0) is 24.8. The first-order chi connectivity index (χ1) is 16.1. The summed E-state index contributed by atoms with van der Waals surface area (Å²) in [5.41, 5.74) is -0.833. The van der Waals surface area contributed by atoms with E-state index in [0.29, 0.717) is 19.3 Å². The van der Waals surface area contributed by atoms with Crippen LogP contribution in [0.5, 0.6) is 0 Å². The molecule has 2 heterocycles. The molecular weight excluding hydrogens is 440 g/mol. The normalized spacial score (nSPS) is 38.1. The van der Waals surface area contributed by atoms with Gasteiger partial charge in [-0.2, -0.15) is 0 Å². The summed E-state index contributed by atoms with van der Waals surface area (Å²) in [5.74, 6) is -4.07. The van der Waals surface area contributed by atoms with Gasteiger partial charge in [0.2, 0.25) is 0 Å². The molecule has 3 aliphatic rings. The van der Waals surface area contributed by atoms with Crippen LogP contribution in [0.25, 0.3) is 0 Å². The number of hydrogen-bond acceptors (Lipinski definition) is 8. The van der Waals surface area contributed by atoms with Gasteiger partial charge in [-0.1, -0.05) is 19.9 Å². The van der Waals surface area contributed by atoms with E-state index in [-0.39, 0.29) is 18.2 Å². The van der Waals surface area contributed by atoms with Gasteiger partial charge >= 0.3 is 17.9 Å². The lowest BCUT2D eigenvalue weighted by atomic mass is 9.43. The van der Waals surface area contributed by atoms with Gasteiger partial charge in [0.05, 0.1) is 37.4 Å². The van der Waals surface area contributed by atoms with Crippen molar-refractivity contribution in [3.05, 3.63) is 36.8 Å². The van der Waals surface area contributed by atoms with Crippen LogP contribution in [-0.2, 0) is 33.4 Å². The molecule has 3 fully saturated rings. The number of esters is 3. The highest BCUT2D eigenvalue weighted by molar-refractivity contribution is 5.93. The number of Topliss-reactive ketones (excluding diaryl/α,β-unsaturated/α-hetero) is 1. The second-order valence-electron chi connectivity index (χ2n) is 10.4. The van der Waals surface area contributed by atoms with Crippen molar-refractivity contribution < 1.29 is 37.8 Å². The summed E-state index contributed by atoms with van der Waals surface area (Å²) >= 11 is 0. The van der Waals surface area contributed by atoms with Crippen LogP contribution in [0.15, 0.2) is 35.7 Å². The average Bonchev–Trinajstić information content (AvgIpc) is 3.34. The van der Waals surface area contributed by atoms with Gasteiger partial charge in [-0.25, -0.2) is 0 Å². The van der Waals surface area contributed by atoms with Crippen molar-refractivity contribution in [3.8, 4) is 0 Å². The van der Waals surface area contributed by atoms with Crippen molar-refractivity contribution in [2.75, 3.05) is 7.11 Å².